The van der Waals surface area contributed by atoms with E-state index >= 15 is 0 Å². The highest BCUT2D eigenvalue weighted by Crippen LogP contribution is 2.41. The number of anilines is 1. The number of hydrogen-bond donors (Lipinski definition) is 3. The van der Waals surface area contributed by atoms with Crippen LogP contribution >= 0.6 is 11.3 Å². The first-order chi connectivity index (χ1) is 13.6. The predicted molar refractivity (Wildman–Crippen MR) is 112 cm³/mol. The molecule has 0 fully saturated rings. The number of aliphatic hydroxyl groups is 1. The van der Waals surface area contributed by atoms with E-state index in [0.717, 1.165) is 35.3 Å². The van der Waals surface area contributed by atoms with Crippen LogP contribution in [-0.4, -0.2) is 15.3 Å². The predicted octanol–water partition coefficient (Wildman–Crippen LogP) is 4.02. The SMILES string of the molecule is CC(C)(O)c1csc([S@@](N)(=O)=NC(=O)Nc2c3c(c(F)c4c2CCC4)CCC3)c1. The van der Waals surface area contributed by atoms with Gasteiger partial charge in [0, 0.05) is 5.69 Å². The molecular weight excluding hydrogens is 413 g/mol. The molecule has 1 aromatic carbocycles. The van der Waals surface area contributed by atoms with Crippen LogP contribution in [0.15, 0.2) is 20.0 Å². The second-order valence-corrected chi connectivity index (χ2v) is 11.0. The monoisotopic (exact) mass is 437 g/mol. The molecule has 2 amide bonds. The zero-order valence-electron chi connectivity index (χ0n) is 16.4. The van der Waals surface area contributed by atoms with Crippen LogP contribution in [0.3, 0.4) is 0 Å². The Labute approximate surface area is 173 Å². The van der Waals surface area contributed by atoms with Gasteiger partial charge in [-0.1, -0.05) is 0 Å². The number of nitrogens with two attached hydrogens (primary N) is 1. The maximum Gasteiger partial charge on any atom is 0.354 e. The summed E-state index contributed by atoms with van der Waals surface area (Å²) in [7, 11) is -3.46. The number of benzene rings is 1. The molecule has 0 bridgehead atoms. The number of nitrogens with zero attached hydrogens (tertiary/aromatic N) is 1. The number of halogens is 1. The van der Waals surface area contributed by atoms with Crippen molar-refractivity contribution in [1.29, 1.82) is 0 Å². The number of urea groups is 1. The zero-order chi connectivity index (χ0) is 21.0. The summed E-state index contributed by atoms with van der Waals surface area (Å²) in [6.07, 6.45) is 4.42. The molecule has 0 saturated heterocycles. The Balaban J connectivity index is 1.67. The van der Waals surface area contributed by atoms with Crippen molar-refractivity contribution in [2.24, 2.45) is 9.50 Å². The van der Waals surface area contributed by atoms with Crippen molar-refractivity contribution in [2.45, 2.75) is 62.2 Å². The highest BCUT2D eigenvalue weighted by atomic mass is 32.2. The van der Waals surface area contributed by atoms with Crippen molar-refractivity contribution in [3.05, 3.63) is 45.1 Å². The molecule has 29 heavy (non-hydrogen) atoms. The van der Waals surface area contributed by atoms with Gasteiger partial charge in [-0.15, -0.1) is 15.7 Å². The first-order valence-electron chi connectivity index (χ1n) is 9.60. The van der Waals surface area contributed by atoms with Gasteiger partial charge in [0.1, 0.15) is 10.0 Å². The standard InChI is InChI=1S/C20H24FN3O3S2/c1-20(2,26)11-9-16(28-10-11)29(22,27)24-19(25)23-18-14-7-3-5-12(14)17(21)13-6-4-8-15(13)18/h9-10,26H,3-8H2,1-2H3,(H3,22,23,24,25,27)/t29-/m0/s1. The van der Waals surface area contributed by atoms with Crippen LogP contribution in [0.5, 0.6) is 0 Å². The number of amides is 2. The highest BCUT2D eigenvalue weighted by molar-refractivity contribution is 7.93. The van der Waals surface area contributed by atoms with Crippen molar-refractivity contribution in [3.63, 3.8) is 0 Å². The normalized spacial score (nSPS) is 17.6. The van der Waals surface area contributed by atoms with Crippen LogP contribution < -0.4 is 10.5 Å². The summed E-state index contributed by atoms with van der Waals surface area (Å²) < 4.78 is 31.6. The third-order valence-electron chi connectivity index (χ3n) is 5.59. The second-order valence-electron chi connectivity index (χ2n) is 8.11. The molecule has 4 rings (SSSR count). The summed E-state index contributed by atoms with van der Waals surface area (Å²) in [6.45, 7) is 3.22. The van der Waals surface area contributed by atoms with E-state index in [1.807, 2.05) is 0 Å². The number of fused-ring (bicyclic) bond motifs is 2. The minimum Gasteiger partial charge on any atom is -0.386 e. The average Bonchev–Trinajstić information content (AvgIpc) is 3.37. The van der Waals surface area contributed by atoms with Crippen LogP contribution in [0.4, 0.5) is 14.9 Å². The number of nitrogens with one attached hydrogen (secondary N) is 1. The first kappa shape index (κ1) is 20.5. The first-order valence-corrected chi connectivity index (χ1v) is 12.1. The highest BCUT2D eigenvalue weighted by Gasteiger charge is 2.30. The molecule has 0 unspecified atom stereocenters. The number of thiophene rings is 1. The van der Waals surface area contributed by atoms with Crippen molar-refractivity contribution in [1.82, 2.24) is 0 Å². The molecule has 2 aliphatic carbocycles. The van der Waals surface area contributed by atoms with Crippen molar-refractivity contribution in [3.8, 4) is 0 Å². The maximum absolute atomic E-state index is 14.8. The van der Waals surface area contributed by atoms with E-state index in [1.165, 1.54) is 6.07 Å². The number of rotatable bonds is 3. The Kier molecular flexibility index (Phi) is 5.05. The zero-order valence-corrected chi connectivity index (χ0v) is 18.0. The topological polar surface area (TPSA) is 105 Å². The lowest BCUT2D eigenvalue weighted by atomic mass is 9.98. The second kappa shape index (κ2) is 7.16. The Hall–Kier alpha value is -1.81. The molecular formula is C20H24FN3O3S2. The lowest BCUT2D eigenvalue weighted by Gasteiger charge is -2.16. The van der Waals surface area contributed by atoms with E-state index in [2.05, 4.69) is 9.68 Å². The minimum absolute atomic E-state index is 0.125. The Bertz CT molecular complexity index is 1090. The molecule has 0 saturated carbocycles. The summed E-state index contributed by atoms with van der Waals surface area (Å²) in [4.78, 5) is 12.6. The van der Waals surface area contributed by atoms with E-state index in [-0.39, 0.29) is 10.0 Å². The molecule has 156 valence electrons. The lowest BCUT2D eigenvalue weighted by Crippen LogP contribution is -2.19. The van der Waals surface area contributed by atoms with Crippen LogP contribution in [-0.2, 0) is 41.2 Å². The summed E-state index contributed by atoms with van der Waals surface area (Å²) in [5, 5.41) is 20.4. The van der Waals surface area contributed by atoms with Crippen LogP contribution in [0, 0.1) is 5.82 Å². The van der Waals surface area contributed by atoms with E-state index in [0.29, 0.717) is 48.1 Å². The summed E-state index contributed by atoms with van der Waals surface area (Å²) in [6, 6.07) is 0.711. The van der Waals surface area contributed by atoms with Crippen molar-refractivity contribution >= 4 is 33.0 Å². The third-order valence-corrected chi connectivity index (χ3v) is 8.45. The Morgan fingerprint density at radius 3 is 2.28 bits per heavy atom. The van der Waals surface area contributed by atoms with Gasteiger partial charge in [0.15, 0.2) is 9.92 Å². The molecule has 2 aliphatic rings. The van der Waals surface area contributed by atoms with E-state index in [1.54, 1.807) is 19.2 Å². The van der Waals surface area contributed by atoms with Gasteiger partial charge >= 0.3 is 6.03 Å². The molecule has 1 heterocycles. The maximum atomic E-state index is 14.8. The van der Waals surface area contributed by atoms with Gasteiger partial charge in [-0.3, -0.25) is 0 Å². The van der Waals surface area contributed by atoms with Crippen LogP contribution in [0.1, 0.15) is 54.5 Å². The van der Waals surface area contributed by atoms with E-state index in [9.17, 15) is 18.5 Å². The van der Waals surface area contributed by atoms with Gasteiger partial charge in [-0.2, -0.15) is 0 Å². The number of carbonyl (C=O) groups is 1. The molecule has 6 nitrogen and oxygen atoms in total. The van der Waals surface area contributed by atoms with Crippen LogP contribution in [0.2, 0.25) is 0 Å². The van der Waals surface area contributed by atoms with Gasteiger partial charge in [0.25, 0.3) is 0 Å². The summed E-state index contributed by atoms with van der Waals surface area (Å²) in [5.74, 6) is -0.125. The third kappa shape index (κ3) is 3.72. The number of carbonyl (C=O) groups excluding carboxylic acids is 1. The fraction of sp³-hybridized carbons (Fsp3) is 0.450. The summed E-state index contributed by atoms with van der Waals surface area (Å²) in [5.41, 5.74) is 3.09. The van der Waals surface area contributed by atoms with E-state index < -0.39 is 21.5 Å². The molecule has 1 aromatic heterocycles. The minimum atomic E-state index is -3.46. The molecule has 1 atom stereocenters. The fourth-order valence-corrected chi connectivity index (χ4v) is 6.41. The Morgan fingerprint density at radius 2 is 1.76 bits per heavy atom. The van der Waals surface area contributed by atoms with Gasteiger partial charge in [0.2, 0.25) is 0 Å². The molecule has 9 heteroatoms. The van der Waals surface area contributed by atoms with Crippen molar-refractivity contribution in [2.75, 3.05) is 5.32 Å². The summed E-state index contributed by atoms with van der Waals surface area (Å²) >= 11 is 1.09. The van der Waals surface area contributed by atoms with Crippen molar-refractivity contribution < 1.29 is 18.5 Å². The average molecular weight is 438 g/mol. The molecule has 0 spiro atoms. The molecule has 0 aliphatic heterocycles. The molecule has 2 aromatic rings. The molecule has 4 N–H and O–H groups in total. The smallest absolute Gasteiger partial charge is 0.354 e. The van der Waals surface area contributed by atoms with Gasteiger partial charge < -0.3 is 10.4 Å². The van der Waals surface area contributed by atoms with Crippen LogP contribution in [0.25, 0.3) is 0 Å². The lowest BCUT2D eigenvalue weighted by molar-refractivity contribution is 0.0789. The largest absolute Gasteiger partial charge is 0.386 e. The van der Waals surface area contributed by atoms with Gasteiger partial charge in [0.05, 0.1) is 5.60 Å². The quantitative estimate of drug-likeness (QED) is 0.675. The van der Waals surface area contributed by atoms with Gasteiger partial charge in [-0.25, -0.2) is 18.5 Å². The molecule has 0 radical (unpaired) electrons. The Morgan fingerprint density at radius 1 is 1.21 bits per heavy atom. The fourth-order valence-electron chi connectivity index (χ4n) is 4.13. The number of hydrogen-bond acceptors (Lipinski definition) is 4. The van der Waals surface area contributed by atoms with Gasteiger partial charge in [-0.05, 0) is 91.6 Å². The van der Waals surface area contributed by atoms with E-state index in [4.69, 9.17) is 5.14 Å².